The van der Waals surface area contributed by atoms with E-state index in [0.29, 0.717) is 12.0 Å². The van der Waals surface area contributed by atoms with Crippen LogP contribution in [0.25, 0.3) is 0 Å². The smallest absolute Gasteiger partial charge is 0.224 e. The van der Waals surface area contributed by atoms with E-state index in [1.807, 2.05) is 0 Å². The van der Waals surface area contributed by atoms with Crippen LogP contribution in [0.15, 0.2) is 11.3 Å². The zero-order valence-corrected chi connectivity index (χ0v) is 7.64. The van der Waals surface area contributed by atoms with Gasteiger partial charge in [0.15, 0.2) is 11.6 Å². The number of Topliss-reactive ketones (excluding diaryl/α,β-unsaturated/α-hetero) is 2. The number of nitrogens with one attached hydrogen (secondary N) is 1. The van der Waals surface area contributed by atoms with E-state index in [0.717, 1.165) is 0 Å². The average molecular weight is 181 g/mol. The van der Waals surface area contributed by atoms with Crippen molar-refractivity contribution in [2.45, 2.75) is 26.7 Å². The maximum absolute atomic E-state index is 11.2. The molecule has 1 rings (SSSR count). The molecule has 0 aromatic heterocycles. The highest BCUT2D eigenvalue weighted by molar-refractivity contribution is 6.22. The first-order valence-corrected chi connectivity index (χ1v) is 4.13. The Balaban J connectivity index is 2.84. The summed E-state index contributed by atoms with van der Waals surface area (Å²) in [5.74, 6) is -0.724. The first kappa shape index (κ1) is 9.64. The van der Waals surface area contributed by atoms with Crippen molar-refractivity contribution in [2.24, 2.45) is 0 Å². The van der Waals surface area contributed by atoms with Gasteiger partial charge in [-0.15, -0.1) is 0 Å². The molecule has 0 fully saturated rings. The number of amides is 1. The molecule has 0 radical (unpaired) electrons. The topological polar surface area (TPSA) is 63.2 Å². The summed E-state index contributed by atoms with van der Waals surface area (Å²) in [6.45, 7) is 3.24. The second-order valence-corrected chi connectivity index (χ2v) is 2.92. The second kappa shape index (κ2) is 3.51. The van der Waals surface area contributed by atoms with Crippen LogP contribution in [0.1, 0.15) is 26.7 Å². The Kier molecular flexibility index (Phi) is 2.60. The molecular formula is C9H11NO3. The average Bonchev–Trinajstić information content (AvgIpc) is 2.32. The van der Waals surface area contributed by atoms with Gasteiger partial charge >= 0.3 is 0 Å². The molecule has 0 bridgehead atoms. The summed E-state index contributed by atoms with van der Waals surface area (Å²) in [6, 6.07) is 0. The van der Waals surface area contributed by atoms with Gasteiger partial charge in [-0.3, -0.25) is 14.4 Å². The van der Waals surface area contributed by atoms with Crippen LogP contribution in [0, 0.1) is 0 Å². The van der Waals surface area contributed by atoms with Gasteiger partial charge in [0, 0.05) is 12.0 Å². The third-order valence-electron chi connectivity index (χ3n) is 1.98. The minimum absolute atomic E-state index is 0.106. The summed E-state index contributed by atoms with van der Waals surface area (Å²) in [6.07, 6.45) is 0.198. The fourth-order valence-corrected chi connectivity index (χ4v) is 1.11. The Bertz CT molecular complexity index is 315. The van der Waals surface area contributed by atoms with Gasteiger partial charge in [-0.1, -0.05) is 6.92 Å². The fourth-order valence-electron chi connectivity index (χ4n) is 1.11. The van der Waals surface area contributed by atoms with Crippen LogP contribution in [-0.2, 0) is 14.4 Å². The van der Waals surface area contributed by atoms with Crippen molar-refractivity contribution < 1.29 is 14.4 Å². The molecule has 0 saturated heterocycles. The quantitative estimate of drug-likeness (QED) is 0.624. The van der Waals surface area contributed by atoms with E-state index in [1.165, 1.54) is 0 Å². The van der Waals surface area contributed by atoms with E-state index in [9.17, 15) is 14.4 Å². The summed E-state index contributed by atoms with van der Waals surface area (Å²) in [7, 11) is 0. The molecule has 0 aromatic carbocycles. The molecule has 4 heteroatoms. The van der Waals surface area contributed by atoms with Gasteiger partial charge in [-0.25, -0.2) is 0 Å². The SMILES string of the molecule is CCC(=O)NC1=C(C)C(=O)CC1=O. The fraction of sp³-hybridized carbons (Fsp3) is 0.444. The second-order valence-electron chi connectivity index (χ2n) is 2.92. The van der Waals surface area contributed by atoms with Crippen LogP contribution >= 0.6 is 0 Å². The predicted octanol–water partition coefficient (Wildman–Crippen LogP) is 0.329. The number of ketones is 2. The van der Waals surface area contributed by atoms with Crippen molar-refractivity contribution in [1.29, 1.82) is 0 Å². The van der Waals surface area contributed by atoms with Crippen LogP contribution in [0.4, 0.5) is 0 Å². The third-order valence-corrected chi connectivity index (χ3v) is 1.98. The van der Waals surface area contributed by atoms with Gasteiger partial charge in [0.1, 0.15) is 0 Å². The van der Waals surface area contributed by atoms with Crippen LogP contribution < -0.4 is 5.32 Å². The summed E-state index contributed by atoms with van der Waals surface area (Å²) in [4.78, 5) is 33.1. The van der Waals surface area contributed by atoms with Crippen molar-refractivity contribution >= 4 is 17.5 Å². The summed E-state index contributed by atoms with van der Waals surface area (Å²) >= 11 is 0. The first-order valence-electron chi connectivity index (χ1n) is 4.13. The van der Waals surface area contributed by atoms with Crippen LogP contribution in [-0.4, -0.2) is 17.5 Å². The Labute approximate surface area is 76.0 Å². The molecule has 0 aliphatic heterocycles. The van der Waals surface area contributed by atoms with E-state index in [4.69, 9.17) is 0 Å². The molecule has 0 atom stereocenters. The lowest BCUT2D eigenvalue weighted by atomic mass is 10.2. The lowest BCUT2D eigenvalue weighted by Crippen LogP contribution is -2.25. The Morgan fingerprint density at radius 3 is 2.38 bits per heavy atom. The minimum atomic E-state index is -0.288. The van der Waals surface area contributed by atoms with Crippen LogP contribution in [0.3, 0.4) is 0 Å². The lowest BCUT2D eigenvalue weighted by Gasteiger charge is -2.02. The standard InChI is InChI=1S/C9H11NO3/c1-3-8(13)10-9-5(2)6(11)4-7(9)12/h3-4H2,1-2H3,(H,10,13). The normalized spacial score (nSPS) is 16.8. The first-order chi connectivity index (χ1) is 6.06. The van der Waals surface area contributed by atoms with E-state index in [-0.39, 0.29) is 29.6 Å². The van der Waals surface area contributed by atoms with Crippen LogP contribution in [0.2, 0.25) is 0 Å². The maximum Gasteiger partial charge on any atom is 0.224 e. The highest BCUT2D eigenvalue weighted by Gasteiger charge is 2.28. The molecule has 70 valence electrons. The number of carbonyl (C=O) groups is 3. The van der Waals surface area contributed by atoms with Crippen molar-refractivity contribution in [3.63, 3.8) is 0 Å². The van der Waals surface area contributed by atoms with E-state index < -0.39 is 0 Å². The number of rotatable bonds is 2. The van der Waals surface area contributed by atoms with Gasteiger partial charge in [-0.05, 0) is 6.92 Å². The Morgan fingerprint density at radius 2 is 2.00 bits per heavy atom. The predicted molar refractivity (Wildman–Crippen MR) is 45.8 cm³/mol. The van der Waals surface area contributed by atoms with Gasteiger partial charge in [0.25, 0.3) is 0 Å². The molecule has 4 nitrogen and oxygen atoms in total. The monoisotopic (exact) mass is 181 g/mol. The molecule has 1 aliphatic rings. The van der Waals surface area contributed by atoms with Crippen molar-refractivity contribution in [2.75, 3.05) is 0 Å². The molecule has 0 heterocycles. The van der Waals surface area contributed by atoms with E-state index in [1.54, 1.807) is 13.8 Å². The third kappa shape index (κ3) is 1.83. The van der Waals surface area contributed by atoms with E-state index in [2.05, 4.69) is 5.32 Å². The molecule has 0 saturated carbocycles. The van der Waals surface area contributed by atoms with Crippen molar-refractivity contribution in [3.8, 4) is 0 Å². The molecule has 1 N–H and O–H groups in total. The molecular weight excluding hydrogens is 170 g/mol. The zero-order valence-electron chi connectivity index (χ0n) is 7.64. The number of carbonyl (C=O) groups excluding carboxylic acids is 3. The van der Waals surface area contributed by atoms with Crippen molar-refractivity contribution in [1.82, 2.24) is 5.32 Å². The minimum Gasteiger partial charge on any atom is -0.323 e. The zero-order chi connectivity index (χ0) is 10.0. The van der Waals surface area contributed by atoms with Gasteiger partial charge < -0.3 is 5.32 Å². The van der Waals surface area contributed by atoms with Gasteiger partial charge in [0.05, 0.1) is 12.1 Å². The molecule has 0 spiro atoms. The number of allylic oxidation sites excluding steroid dienone is 2. The Morgan fingerprint density at radius 1 is 1.38 bits per heavy atom. The van der Waals surface area contributed by atoms with Gasteiger partial charge in [0.2, 0.25) is 5.91 Å². The lowest BCUT2D eigenvalue weighted by molar-refractivity contribution is -0.124. The highest BCUT2D eigenvalue weighted by Crippen LogP contribution is 2.16. The molecule has 0 aromatic rings. The number of hydrogen-bond donors (Lipinski definition) is 1. The van der Waals surface area contributed by atoms with Crippen molar-refractivity contribution in [3.05, 3.63) is 11.3 Å². The molecule has 1 aliphatic carbocycles. The van der Waals surface area contributed by atoms with Gasteiger partial charge in [-0.2, -0.15) is 0 Å². The summed E-state index contributed by atoms with van der Waals surface area (Å²) in [5, 5.41) is 2.43. The molecule has 13 heavy (non-hydrogen) atoms. The van der Waals surface area contributed by atoms with E-state index >= 15 is 0 Å². The summed E-state index contributed by atoms with van der Waals surface area (Å²) in [5.41, 5.74) is 0.545. The maximum atomic E-state index is 11.2. The molecule has 0 unspecified atom stereocenters. The summed E-state index contributed by atoms with van der Waals surface area (Å²) < 4.78 is 0. The Hall–Kier alpha value is -1.45. The molecule has 1 amide bonds. The van der Waals surface area contributed by atoms with Crippen LogP contribution in [0.5, 0.6) is 0 Å². The number of hydrogen-bond acceptors (Lipinski definition) is 3. The highest BCUT2D eigenvalue weighted by atomic mass is 16.2. The largest absolute Gasteiger partial charge is 0.323 e.